The van der Waals surface area contributed by atoms with Crippen LogP contribution in [0.1, 0.15) is 15.9 Å². The molecule has 1 amide bonds. The highest BCUT2D eigenvalue weighted by atomic mass is 35.5. The fourth-order valence-electron chi connectivity index (χ4n) is 1.81. The van der Waals surface area contributed by atoms with Gasteiger partial charge in [0, 0.05) is 10.7 Å². The van der Waals surface area contributed by atoms with Crippen LogP contribution in [0.5, 0.6) is 5.75 Å². The SMILES string of the molecule is Cc1cc(Cl)ccc1NC(=O)c1ccccc1OC(F)F. The molecule has 1 N–H and O–H groups in total. The molecule has 21 heavy (non-hydrogen) atoms. The number of ether oxygens (including phenoxy) is 1. The lowest BCUT2D eigenvalue weighted by atomic mass is 10.1. The Balaban J connectivity index is 2.24. The summed E-state index contributed by atoms with van der Waals surface area (Å²) in [6.07, 6.45) is 0. The average molecular weight is 312 g/mol. The molecular weight excluding hydrogens is 300 g/mol. The molecule has 0 aliphatic heterocycles. The zero-order valence-corrected chi connectivity index (χ0v) is 11.8. The lowest BCUT2D eigenvalue weighted by Gasteiger charge is -2.12. The minimum absolute atomic E-state index is 0.0344. The number of anilines is 1. The quantitative estimate of drug-likeness (QED) is 0.902. The van der Waals surface area contributed by atoms with Crippen molar-refractivity contribution in [1.82, 2.24) is 0 Å². The van der Waals surface area contributed by atoms with E-state index in [2.05, 4.69) is 10.1 Å². The smallest absolute Gasteiger partial charge is 0.387 e. The Kier molecular flexibility index (Phi) is 4.75. The summed E-state index contributed by atoms with van der Waals surface area (Å²) < 4.78 is 29.0. The van der Waals surface area contributed by atoms with Gasteiger partial charge in [-0.2, -0.15) is 8.78 Å². The number of nitrogens with one attached hydrogen (secondary N) is 1. The lowest BCUT2D eigenvalue weighted by Crippen LogP contribution is -2.15. The maximum Gasteiger partial charge on any atom is 0.387 e. The summed E-state index contributed by atoms with van der Waals surface area (Å²) in [7, 11) is 0. The molecule has 2 aromatic carbocycles. The van der Waals surface area contributed by atoms with Gasteiger partial charge in [-0.25, -0.2) is 0 Å². The number of aryl methyl sites for hydroxylation is 1. The highest BCUT2D eigenvalue weighted by Gasteiger charge is 2.16. The van der Waals surface area contributed by atoms with Crippen LogP contribution in [-0.4, -0.2) is 12.5 Å². The monoisotopic (exact) mass is 311 g/mol. The molecule has 0 saturated heterocycles. The fourth-order valence-corrected chi connectivity index (χ4v) is 2.04. The zero-order valence-electron chi connectivity index (χ0n) is 11.1. The molecule has 0 aliphatic rings. The van der Waals surface area contributed by atoms with Gasteiger partial charge in [-0.3, -0.25) is 4.79 Å². The summed E-state index contributed by atoms with van der Waals surface area (Å²) in [5, 5.41) is 3.19. The van der Waals surface area contributed by atoms with Crippen molar-refractivity contribution in [3.8, 4) is 5.75 Å². The number of carbonyl (C=O) groups excluding carboxylic acids is 1. The van der Waals surface area contributed by atoms with E-state index in [4.69, 9.17) is 11.6 Å². The summed E-state index contributed by atoms with van der Waals surface area (Å²) in [6, 6.07) is 10.8. The van der Waals surface area contributed by atoms with Crippen LogP contribution in [0.2, 0.25) is 5.02 Å². The molecule has 0 fully saturated rings. The van der Waals surface area contributed by atoms with Gasteiger partial charge in [0.1, 0.15) is 5.75 Å². The number of amides is 1. The summed E-state index contributed by atoms with van der Waals surface area (Å²) in [5.41, 5.74) is 1.35. The molecule has 0 atom stereocenters. The minimum atomic E-state index is -2.99. The molecule has 0 bridgehead atoms. The van der Waals surface area contributed by atoms with Gasteiger partial charge in [-0.1, -0.05) is 23.7 Å². The molecule has 0 aliphatic carbocycles. The van der Waals surface area contributed by atoms with Crippen molar-refractivity contribution in [2.24, 2.45) is 0 Å². The van der Waals surface area contributed by atoms with Crippen molar-refractivity contribution in [3.63, 3.8) is 0 Å². The molecule has 0 radical (unpaired) electrons. The number of hydrogen-bond acceptors (Lipinski definition) is 2. The summed E-state index contributed by atoms with van der Waals surface area (Å²) in [5.74, 6) is -0.701. The second-order valence-electron chi connectivity index (χ2n) is 4.29. The van der Waals surface area contributed by atoms with Crippen LogP contribution in [0, 0.1) is 6.92 Å². The lowest BCUT2D eigenvalue weighted by molar-refractivity contribution is -0.0501. The maximum absolute atomic E-state index is 12.3. The van der Waals surface area contributed by atoms with Gasteiger partial charge in [0.05, 0.1) is 5.56 Å². The van der Waals surface area contributed by atoms with Gasteiger partial charge in [-0.15, -0.1) is 0 Å². The summed E-state index contributed by atoms with van der Waals surface area (Å²) >= 11 is 5.84. The Labute approximate surface area is 125 Å². The first-order valence-electron chi connectivity index (χ1n) is 6.08. The van der Waals surface area contributed by atoms with Gasteiger partial charge >= 0.3 is 6.61 Å². The third-order valence-electron chi connectivity index (χ3n) is 2.78. The van der Waals surface area contributed by atoms with E-state index >= 15 is 0 Å². The Bertz CT molecular complexity index is 662. The number of halogens is 3. The van der Waals surface area contributed by atoms with Crippen LogP contribution in [0.4, 0.5) is 14.5 Å². The first-order chi connectivity index (χ1) is 9.97. The van der Waals surface area contributed by atoms with Gasteiger partial charge < -0.3 is 10.1 Å². The minimum Gasteiger partial charge on any atom is -0.434 e. The third-order valence-corrected chi connectivity index (χ3v) is 3.02. The van der Waals surface area contributed by atoms with Crippen molar-refractivity contribution in [2.75, 3.05) is 5.32 Å². The van der Waals surface area contributed by atoms with Crippen LogP contribution in [0.25, 0.3) is 0 Å². The van der Waals surface area contributed by atoms with Crippen LogP contribution in [0.3, 0.4) is 0 Å². The van der Waals surface area contributed by atoms with Gasteiger partial charge in [0.15, 0.2) is 0 Å². The molecule has 0 unspecified atom stereocenters. The molecular formula is C15H12ClF2NO2. The molecule has 0 heterocycles. The van der Waals surface area contributed by atoms with Gasteiger partial charge in [0.2, 0.25) is 0 Å². The largest absolute Gasteiger partial charge is 0.434 e. The average Bonchev–Trinajstić information content (AvgIpc) is 2.42. The molecule has 0 spiro atoms. The second kappa shape index (κ2) is 6.54. The molecule has 3 nitrogen and oxygen atoms in total. The van der Waals surface area contributed by atoms with Crippen LogP contribution >= 0.6 is 11.6 Å². The Morgan fingerprint density at radius 2 is 1.95 bits per heavy atom. The van der Waals surface area contributed by atoms with E-state index in [1.54, 1.807) is 31.2 Å². The highest BCUT2D eigenvalue weighted by molar-refractivity contribution is 6.30. The number of alkyl halides is 2. The number of benzene rings is 2. The number of para-hydroxylation sites is 1. The molecule has 2 rings (SSSR count). The molecule has 6 heteroatoms. The Hall–Kier alpha value is -2.14. The van der Waals surface area contributed by atoms with E-state index in [9.17, 15) is 13.6 Å². The molecule has 110 valence electrons. The number of hydrogen-bond donors (Lipinski definition) is 1. The third kappa shape index (κ3) is 3.92. The topological polar surface area (TPSA) is 38.3 Å². The first-order valence-corrected chi connectivity index (χ1v) is 6.46. The zero-order chi connectivity index (χ0) is 15.4. The van der Waals surface area contributed by atoms with E-state index in [0.29, 0.717) is 10.7 Å². The first kappa shape index (κ1) is 15.3. The maximum atomic E-state index is 12.3. The van der Waals surface area contributed by atoms with Gasteiger partial charge in [0.25, 0.3) is 5.91 Å². The van der Waals surface area contributed by atoms with Crippen molar-refractivity contribution in [1.29, 1.82) is 0 Å². The molecule has 0 saturated carbocycles. The molecule has 0 aromatic heterocycles. The Morgan fingerprint density at radius 3 is 2.62 bits per heavy atom. The fraction of sp³-hybridized carbons (Fsp3) is 0.133. The van der Waals surface area contributed by atoms with Crippen LogP contribution in [0.15, 0.2) is 42.5 Å². The predicted octanol–water partition coefficient (Wildman–Crippen LogP) is 4.50. The standard InChI is InChI=1S/C15H12ClF2NO2/c1-9-8-10(16)6-7-12(9)19-14(20)11-4-2-3-5-13(11)21-15(17)18/h2-8,15H,1H3,(H,19,20). The van der Waals surface area contributed by atoms with Crippen molar-refractivity contribution >= 4 is 23.2 Å². The van der Waals surface area contributed by atoms with E-state index in [1.807, 2.05) is 0 Å². The predicted molar refractivity (Wildman–Crippen MR) is 77.2 cm³/mol. The van der Waals surface area contributed by atoms with Crippen LogP contribution in [-0.2, 0) is 0 Å². The van der Waals surface area contributed by atoms with E-state index in [0.717, 1.165) is 5.56 Å². The van der Waals surface area contributed by atoms with Crippen molar-refractivity contribution in [2.45, 2.75) is 13.5 Å². The normalized spacial score (nSPS) is 10.5. The van der Waals surface area contributed by atoms with E-state index in [1.165, 1.54) is 18.2 Å². The number of rotatable bonds is 4. The van der Waals surface area contributed by atoms with Crippen LogP contribution < -0.4 is 10.1 Å². The van der Waals surface area contributed by atoms with Crippen molar-refractivity contribution in [3.05, 3.63) is 58.6 Å². The van der Waals surface area contributed by atoms with E-state index < -0.39 is 12.5 Å². The Morgan fingerprint density at radius 1 is 1.24 bits per heavy atom. The number of carbonyl (C=O) groups is 1. The molecule has 2 aromatic rings. The van der Waals surface area contributed by atoms with Gasteiger partial charge in [-0.05, 0) is 42.8 Å². The second-order valence-corrected chi connectivity index (χ2v) is 4.72. The van der Waals surface area contributed by atoms with Crippen molar-refractivity contribution < 1.29 is 18.3 Å². The summed E-state index contributed by atoms with van der Waals surface area (Å²) in [6.45, 7) is -1.21. The summed E-state index contributed by atoms with van der Waals surface area (Å²) in [4.78, 5) is 12.2. The highest BCUT2D eigenvalue weighted by Crippen LogP contribution is 2.24. The van der Waals surface area contributed by atoms with E-state index in [-0.39, 0.29) is 11.3 Å².